The lowest BCUT2D eigenvalue weighted by molar-refractivity contribution is 0.152. The largest absolute Gasteiger partial charge is 0.398 e. The zero-order chi connectivity index (χ0) is 12.3. The van der Waals surface area contributed by atoms with Gasteiger partial charge in [-0.15, -0.1) is 0 Å². The highest BCUT2D eigenvalue weighted by molar-refractivity contribution is 5.53. The summed E-state index contributed by atoms with van der Waals surface area (Å²) in [6.45, 7) is 6.78. The van der Waals surface area contributed by atoms with E-state index in [-0.39, 0.29) is 12.6 Å². The molecule has 0 spiro atoms. The van der Waals surface area contributed by atoms with E-state index in [2.05, 4.69) is 9.88 Å². The summed E-state index contributed by atoms with van der Waals surface area (Å²) in [6, 6.07) is 0.128. The zero-order valence-electron chi connectivity index (χ0n) is 10.5. The summed E-state index contributed by atoms with van der Waals surface area (Å²) < 4.78 is 0. The van der Waals surface area contributed by atoms with E-state index in [1.807, 2.05) is 27.8 Å². The molecule has 0 radical (unpaired) electrons. The van der Waals surface area contributed by atoms with Gasteiger partial charge >= 0.3 is 0 Å². The minimum atomic E-state index is 0.128. The number of aryl methyl sites for hydroxylation is 1. The summed E-state index contributed by atoms with van der Waals surface area (Å²) in [5.74, 6) is 0. The summed E-state index contributed by atoms with van der Waals surface area (Å²) in [7, 11) is 1.97. The van der Waals surface area contributed by atoms with Crippen LogP contribution in [0.25, 0.3) is 0 Å². The quantitative estimate of drug-likeness (QED) is 0.802. The minimum absolute atomic E-state index is 0.128. The smallest absolute Gasteiger partial charge is 0.0593 e. The Hall–Kier alpha value is -1.13. The van der Waals surface area contributed by atoms with Gasteiger partial charge in [0.1, 0.15) is 0 Å². The van der Waals surface area contributed by atoms with Gasteiger partial charge in [0.2, 0.25) is 0 Å². The number of anilines is 1. The lowest BCUT2D eigenvalue weighted by atomic mass is 10.1. The molecule has 1 aromatic heterocycles. The maximum atomic E-state index is 9.06. The number of nitrogens with two attached hydrogens (primary N) is 1. The van der Waals surface area contributed by atoms with E-state index in [1.165, 1.54) is 0 Å². The van der Waals surface area contributed by atoms with Crippen LogP contribution in [-0.2, 0) is 6.54 Å². The van der Waals surface area contributed by atoms with Crippen LogP contribution < -0.4 is 5.73 Å². The third-order valence-corrected chi connectivity index (χ3v) is 3.09. The van der Waals surface area contributed by atoms with Gasteiger partial charge in [-0.2, -0.15) is 0 Å². The van der Waals surface area contributed by atoms with Crippen LogP contribution >= 0.6 is 0 Å². The Labute approximate surface area is 97.1 Å². The molecule has 0 amide bonds. The Morgan fingerprint density at radius 1 is 1.50 bits per heavy atom. The van der Waals surface area contributed by atoms with E-state index in [0.717, 1.165) is 22.5 Å². The van der Waals surface area contributed by atoms with Crippen LogP contribution in [0.3, 0.4) is 0 Å². The van der Waals surface area contributed by atoms with Crippen LogP contribution in [0.1, 0.15) is 23.7 Å². The number of nitrogens with zero attached hydrogens (tertiary/aromatic N) is 2. The molecule has 1 unspecified atom stereocenters. The molecule has 90 valence electrons. The predicted molar refractivity (Wildman–Crippen MR) is 66.1 cm³/mol. The van der Waals surface area contributed by atoms with Crippen molar-refractivity contribution < 1.29 is 5.11 Å². The van der Waals surface area contributed by atoms with Crippen LogP contribution in [0.4, 0.5) is 5.69 Å². The molecule has 0 aliphatic carbocycles. The zero-order valence-corrected chi connectivity index (χ0v) is 10.5. The number of pyridine rings is 1. The molecule has 4 heteroatoms. The van der Waals surface area contributed by atoms with Gasteiger partial charge < -0.3 is 10.8 Å². The first-order valence-electron chi connectivity index (χ1n) is 5.49. The van der Waals surface area contributed by atoms with Crippen molar-refractivity contribution in [2.45, 2.75) is 33.4 Å². The van der Waals surface area contributed by atoms with E-state index in [9.17, 15) is 0 Å². The molecule has 0 bridgehead atoms. The van der Waals surface area contributed by atoms with Gasteiger partial charge in [0, 0.05) is 24.5 Å². The summed E-state index contributed by atoms with van der Waals surface area (Å²) in [5.41, 5.74) is 9.80. The average molecular weight is 223 g/mol. The third kappa shape index (κ3) is 2.71. The second-order valence-electron chi connectivity index (χ2n) is 4.37. The highest BCUT2D eigenvalue weighted by Crippen LogP contribution is 2.19. The number of rotatable bonds is 4. The molecule has 0 aromatic carbocycles. The molecular formula is C12H21N3O. The fourth-order valence-electron chi connectivity index (χ4n) is 1.48. The molecule has 1 heterocycles. The van der Waals surface area contributed by atoms with E-state index in [4.69, 9.17) is 10.8 Å². The van der Waals surface area contributed by atoms with Crippen molar-refractivity contribution >= 4 is 5.69 Å². The Kier molecular flexibility index (Phi) is 4.26. The van der Waals surface area contributed by atoms with Crippen molar-refractivity contribution in [1.82, 2.24) is 9.88 Å². The number of aliphatic hydroxyl groups is 1. The van der Waals surface area contributed by atoms with Gasteiger partial charge in [0.05, 0.1) is 12.3 Å². The third-order valence-electron chi connectivity index (χ3n) is 3.09. The molecule has 1 rings (SSSR count). The summed E-state index contributed by atoms with van der Waals surface area (Å²) in [5, 5.41) is 9.06. The lowest BCUT2D eigenvalue weighted by Gasteiger charge is -2.23. The van der Waals surface area contributed by atoms with E-state index >= 15 is 0 Å². The SMILES string of the molecule is Cc1cnc(CN(C)C(C)CO)c(C)c1N. The average Bonchev–Trinajstić information content (AvgIpc) is 2.28. The van der Waals surface area contributed by atoms with Crippen LogP contribution in [0.5, 0.6) is 0 Å². The number of hydrogen-bond donors (Lipinski definition) is 2. The first-order valence-corrected chi connectivity index (χ1v) is 5.49. The summed E-state index contributed by atoms with van der Waals surface area (Å²) in [4.78, 5) is 6.45. The second kappa shape index (κ2) is 5.27. The fourth-order valence-corrected chi connectivity index (χ4v) is 1.48. The summed E-state index contributed by atoms with van der Waals surface area (Å²) in [6.07, 6.45) is 1.80. The number of aromatic nitrogens is 1. The molecule has 0 saturated carbocycles. The maximum Gasteiger partial charge on any atom is 0.0593 e. The van der Waals surface area contributed by atoms with Crippen molar-refractivity contribution in [3.63, 3.8) is 0 Å². The first kappa shape index (κ1) is 12.9. The molecule has 4 nitrogen and oxygen atoms in total. The van der Waals surface area contributed by atoms with E-state index in [1.54, 1.807) is 6.20 Å². The molecule has 1 atom stereocenters. The minimum Gasteiger partial charge on any atom is -0.398 e. The number of nitrogen functional groups attached to an aromatic ring is 1. The van der Waals surface area contributed by atoms with Crippen molar-refractivity contribution in [1.29, 1.82) is 0 Å². The molecular weight excluding hydrogens is 202 g/mol. The highest BCUT2D eigenvalue weighted by atomic mass is 16.3. The Balaban J connectivity index is 2.86. The number of hydrogen-bond acceptors (Lipinski definition) is 4. The normalized spacial score (nSPS) is 13.1. The monoisotopic (exact) mass is 223 g/mol. The van der Waals surface area contributed by atoms with Gasteiger partial charge in [-0.1, -0.05) is 0 Å². The van der Waals surface area contributed by atoms with E-state index in [0.29, 0.717) is 6.54 Å². The predicted octanol–water partition coefficient (Wildman–Crippen LogP) is 1.09. The molecule has 16 heavy (non-hydrogen) atoms. The molecule has 1 aromatic rings. The summed E-state index contributed by atoms with van der Waals surface area (Å²) >= 11 is 0. The van der Waals surface area contributed by atoms with Gasteiger partial charge in [0.25, 0.3) is 0 Å². The Bertz CT molecular complexity index is 366. The molecule has 0 aliphatic heterocycles. The first-order chi connectivity index (χ1) is 7.47. The van der Waals surface area contributed by atoms with Crippen molar-refractivity contribution in [3.8, 4) is 0 Å². The van der Waals surface area contributed by atoms with Crippen molar-refractivity contribution in [2.75, 3.05) is 19.4 Å². The van der Waals surface area contributed by atoms with Crippen molar-refractivity contribution in [3.05, 3.63) is 23.0 Å². The van der Waals surface area contributed by atoms with Gasteiger partial charge in [-0.3, -0.25) is 9.88 Å². The molecule has 3 N–H and O–H groups in total. The lowest BCUT2D eigenvalue weighted by Crippen LogP contribution is -2.32. The van der Waals surface area contributed by atoms with Crippen LogP contribution in [0.15, 0.2) is 6.20 Å². The number of aliphatic hydroxyl groups excluding tert-OH is 1. The number of likely N-dealkylation sites (N-methyl/N-ethyl adjacent to an activating group) is 1. The van der Waals surface area contributed by atoms with E-state index < -0.39 is 0 Å². The van der Waals surface area contributed by atoms with Crippen LogP contribution in [0.2, 0.25) is 0 Å². The fraction of sp³-hybridized carbons (Fsp3) is 0.583. The van der Waals surface area contributed by atoms with Crippen LogP contribution in [-0.4, -0.2) is 34.7 Å². The molecule has 0 aliphatic rings. The Morgan fingerprint density at radius 2 is 2.12 bits per heavy atom. The van der Waals surface area contributed by atoms with Crippen molar-refractivity contribution in [2.24, 2.45) is 0 Å². The molecule has 0 saturated heterocycles. The standard InChI is InChI=1S/C12H21N3O/c1-8-5-14-11(10(3)12(8)13)6-15(4)9(2)7-16/h5,9,16H,6-7H2,1-4H3,(H2,13,14). The highest BCUT2D eigenvalue weighted by Gasteiger charge is 2.12. The second-order valence-corrected chi connectivity index (χ2v) is 4.37. The van der Waals surface area contributed by atoms with Gasteiger partial charge in [-0.05, 0) is 38.9 Å². The van der Waals surface area contributed by atoms with Gasteiger partial charge in [-0.25, -0.2) is 0 Å². The van der Waals surface area contributed by atoms with Gasteiger partial charge in [0.15, 0.2) is 0 Å². The van der Waals surface area contributed by atoms with Crippen LogP contribution in [0, 0.1) is 13.8 Å². The maximum absolute atomic E-state index is 9.06. The topological polar surface area (TPSA) is 62.4 Å². The molecule has 0 fully saturated rings. The Morgan fingerprint density at radius 3 is 2.69 bits per heavy atom.